The third-order valence-electron chi connectivity index (χ3n) is 2.57. The third kappa shape index (κ3) is 3.35. The van der Waals surface area contributed by atoms with Gasteiger partial charge in [0.1, 0.15) is 20.1 Å². The van der Waals surface area contributed by atoms with Crippen LogP contribution in [0, 0.1) is 0 Å². The second-order valence-corrected chi connectivity index (χ2v) is 4.02. The van der Waals surface area contributed by atoms with Gasteiger partial charge in [-0.3, -0.25) is 4.84 Å². The van der Waals surface area contributed by atoms with Gasteiger partial charge in [-0.1, -0.05) is 13.3 Å². The van der Waals surface area contributed by atoms with E-state index in [0.717, 1.165) is 25.9 Å². The smallest absolute Gasteiger partial charge is 0.277 e. The maximum Gasteiger partial charge on any atom is 0.366 e. The zero-order valence-corrected chi connectivity index (χ0v) is 8.71. The molecule has 1 rings (SSSR count). The molecule has 1 fully saturated rings. The van der Waals surface area contributed by atoms with Crippen LogP contribution >= 0.6 is 0 Å². The molecule has 0 saturated carbocycles. The molecule has 0 spiro atoms. The van der Waals surface area contributed by atoms with Gasteiger partial charge in [0.05, 0.1) is 6.42 Å². The van der Waals surface area contributed by atoms with Crippen LogP contribution in [0.3, 0.4) is 0 Å². The summed E-state index contributed by atoms with van der Waals surface area (Å²) in [5.41, 5.74) is 0. The molecule has 0 radical (unpaired) electrons. The van der Waals surface area contributed by atoms with Crippen LogP contribution in [-0.4, -0.2) is 30.8 Å². The van der Waals surface area contributed by atoms with Crippen LogP contribution in [0.5, 0.6) is 0 Å². The third-order valence-corrected chi connectivity index (χ3v) is 2.57. The van der Waals surface area contributed by atoms with Crippen LogP contribution in [-0.2, 0) is 9.63 Å². The van der Waals surface area contributed by atoms with Crippen molar-refractivity contribution in [3.8, 4) is 0 Å². The quantitative estimate of drug-likeness (QED) is 0.627. The van der Waals surface area contributed by atoms with Crippen LogP contribution in [0.15, 0.2) is 0 Å². The van der Waals surface area contributed by atoms with E-state index in [2.05, 4.69) is 6.92 Å². The first-order valence-electron chi connectivity index (χ1n) is 5.23. The molecule has 0 aromatic rings. The van der Waals surface area contributed by atoms with Crippen LogP contribution in [0.4, 0.5) is 0 Å². The van der Waals surface area contributed by atoms with E-state index in [9.17, 15) is 4.79 Å². The average molecular weight is 186 g/mol. The standard InChI is InChI=1S/C10H20NO2/c1-3-4-7-10(12)13-11(2)8-5-6-9-11/h3-9H2,1-2H3/q+1. The number of carbonyl (C=O) groups excluding carboxylic acids is 1. The molecule has 0 atom stereocenters. The Bertz CT molecular complexity index is 174. The summed E-state index contributed by atoms with van der Waals surface area (Å²) in [4.78, 5) is 16.7. The zero-order valence-electron chi connectivity index (χ0n) is 8.71. The number of unbranched alkanes of at least 4 members (excludes halogenated alkanes) is 1. The summed E-state index contributed by atoms with van der Waals surface area (Å²) in [5.74, 6) is -0.0359. The van der Waals surface area contributed by atoms with Crippen LogP contribution < -0.4 is 0 Å². The largest absolute Gasteiger partial charge is 0.366 e. The second kappa shape index (κ2) is 4.61. The van der Waals surface area contributed by atoms with E-state index in [4.69, 9.17) is 4.84 Å². The molecule has 0 aromatic heterocycles. The Labute approximate surface area is 80.2 Å². The van der Waals surface area contributed by atoms with Crippen molar-refractivity contribution in [3.63, 3.8) is 0 Å². The van der Waals surface area contributed by atoms with Gasteiger partial charge in [-0.2, -0.15) is 0 Å². The fraction of sp³-hybridized carbons (Fsp3) is 0.900. The molecule has 1 aliphatic heterocycles. The highest BCUT2D eigenvalue weighted by molar-refractivity contribution is 5.68. The van der Waals surface area contributed by atoms with Crippen LogP contribution in [0.25, 0.3) is 0 Å². The summed E-state index contributed by atoms with van der Waals surface area (Å²) < 4.78 is 0.503. The number of rotatable bonds is 4. The first-order valence-corrected chi connectivity index (χ1v) is 5.23. The second-order valence-electron chi connectivity index (χ2n) is 4.02. The fourth-order valence-corrected chi connectivity index (χ4v) is 1.71. The molecule has 0 amide bonds. The van der Waals surface area contributed by atoms with Crippen molar-refractivity contribution < 1.29 is 14.3 Å². The minimum atomic E-state index is -0.0359. The Morgan fingerprint density at radius 1 is 1.38 bits per heavy atom. The fourth-order valence-electron chi connectivity index (χ4n) is 1.71. The molecule has 76 valence electrons. The highest BCUT2D eigenvalue weighted by Gasteiger charge is 2.31. The Balaban J connectivity index is 2.26. The number of likely N-dealkylation sites (tertiary alicyclic amines) is 1. The molecule has 0 N–H and O–H groups in total. The van der Waals surface area contributed by atoms with Gasteiger partial charge < -0.3 is 0 Å². The predicted octanol–water partition coefficient (Wildman–Crippen LogP) is 1.88. The zero-order chi connectivity index (χ0) is 9.73. The normalized spacial score (nSPS) is 20.2. The number of quaternary nitrogens is 1. The Hall–Kier alpha value is -0.570. The summed E-state index contributed by atoms with van der Waals surface area (Å²) in [7, 11) is 2.00. The number of hydrogen-bond donors (Lipinski definition) is 0. The highest BCUT2D eigenvalue weighted by atomic mass is 16.7. The number of carbonyl (C=O) groups is 1. The molecule has 1 saturated heterocycles. The summed E-state index contributed by atoms with van der Waals surface area (Å²) in [5, 5.41) is 0. The van der Waals surface area contributed by atoms with Crippen molar-refractivity contribution in [1.29, 1.82) is 0 Å². The highest BCUT2D eigenvalue weighted by Crippen LogP contribution is 2.17. The average Bonchev–Trinajstić information content (AvgIpc) is 2.48. The lowest BCUT2D eigenvalue weighted by Gasteiger charge is -2.24. The molecule has 1 heterocycles. The van der Waals surface area contributed by atoms with Crippen molar-refractivity contribution in [2.75, 3.05) is 20.1 Å². The predicted molar refractivity (Wildman–Crippen MR) is 50.8 cm³/mol. The topological polar surface area (TPSA) is 26.3 Å². The van der Waals surface area contributed by atoms with Gasteiger partial charge in [0.15, 0.2) is 0 Å². The van der Waals surface area contributed by atoms with E-state index in [1.807, 2.05) is 7.05 Å². The Kier molecular flexibility index (Phi) is 3.72. The van der Waals surface area contributed by atoms with Crippen molar-refractivity contribution in [3.05, 3.63) is 0 Å². The molecule has 13 heavy (non-hydrogen) atoms. The molecule has 0 aromatic carbocycles. The molecule has 3 heteroatoms. The van der Waals surface area contributed by atoms with Crippen LogP contribution in [0.1, 0.15) is 39.0 Å². The number of hydrogen-bond acceptors (Lipinski definition) is 2. The van der Waals surface area contributed by atoms with E-state index in [0.29, 0.717) is 11.1 Å². The van der Waals surface area contributed by atoms with Gasteiger partial charge in [0, 0.05) is 12.8 Å². The minimum absolute atomic E-state index is 0.0359. The Morgan fingerprint density at radius 3 is 2.54 bits per heavy atom. The van der Waals surface area contributed by atoms with Gasteiger partial charge in [0.2, 0.25) is 0 Å². The van der Waals surface area contributed by atoms with E-state index in [1.165, 1.54) is 12.8 Å². The molecule has 0 bridgehead atoms. The van der Waals surface area contributed by atoms with Gasteiger partial charge in [-0.05, 0) is 6.42 Å². The molecule has 0 unspecified atom stereocenters. The van der Waals surface area contributed by atoms with Gasteiger partial charge in [0.25, 0.3) is 0 Å². The molecular formula is C10H20NO2+. The lowest BCUT2D eigenvalue weighted by molar-refractivity contribution is -1.07. The summed E-state index contributed by atoms with van der Waals surface area (Å²) >= 11 is 0. The van der Waals surface area contributed by atoms with Crippen LogP contribution in [0.2, 0.25) is 0 Å². The molecule has 1 aliphatic rings. The van der Waals surface area contributed by atoms with Crippen molar-refractivity contribution in [2.45, 2.75) is 39.0 Å². The maximum absolute atomic E-state index is 11.3. The Morgan fingerprint density at radius 2 is 2.00 bits per heavy atom. The van der Waals surface area contributed by atoms with E-state index in [-0.39, 0.29) is 5.97 Å². The maximum atomic E-state index is 11.3. The van der Waals surface area contributed by atoms with E-state index in [1.54, 1.807) is 0 Å². The minimum Gasteiger partial charge on any atom is -0.277 e. The number of nitrogens with zero attached hydrogens (tertiary/aromatic N) is 1. The van der Waals surface area contributed by atoms with Gasteiger partial charge >= 0.3 is 5.97 Å². The molecular weight excluding hydrogens is 166 g/mol. The van der Waals surface area contributed by atoms with E-state index >= 15 is 0 Å². The van der Waals surface area contributed by atoms with Crippen molar-refractivity contribution in [2.24, 2.45) is 0 Å². The van der Waals surface area contributed by atoms with Crippen molar-refractivity contribution >= 4 is 5.97 Å². The first-order chi connectivity index (χ1) is 6.16. The first kappa shape index (κ1) is 10.5. The summed E-state index contributed by atoms with van der Waals surface area (Å²) in [6, 6.07) is 0. The van der Waals surface area contributed by atoms with Gasteiger partial charge in [-0.15, -0.1) is 4.65 Å². The lowest BCUT2D eigenvalue weighted by Crippen LogP contribution is -2.42. The lowest BCUT2D eigenvalue weighted by atomic mass is 10.3. The monoisotopic (exact) mass is 186 g/mol. The SMILES string of the molecule is CCCCC(=O)O[N+]1(C)CCCC1. The number of hydroxylamine groups is 3. The van der Waals surface area contributed by atoms with E-state index < -0.39 is 0 Å². The molecule has 0 aliphatic carbocycles. The molecule has 3 nitrogen and oxygen atoms in total. The summed E-state index contributed by atoms with van der Waals surface area (Å²) in [6.07, 6.45) is 4.93. The summed E-state index contributed by atoms with van der Waals surface area (Å²) in [6.45, 7) is 4.05. The van der Waals surface area contributed by atoms with Crippen molar-refractivity contribution in [1.82, 2.24) is 0 Å². The van der Waals surface area contributed by atoms with Gasteiger partial charge in [-0.25, -0.2) is 4.79 Å².